The van der Waals surface area contributed by atoms with Crippen molar-refractivity contribution in [1.29, 1.82) is 0 Å². The van der Waals surface area contributed by atoms with Gasteiger partial charge in [-0.15, -0.1) is 0 Å². The number of aryl methyl sites for hydroxylation is 1. The quantitative estimate of drug-likeness (QED) is 0.698. The van der Waals surface area contributed by atoms with E-state index in [1.165, 1.54) is 0 Å². The molecule has 1 heterocycles. The second-order valence-corrected chi connectivity index (χ2v) is 5.34. The molecule has 0 unspecified atom stereocenters. The number of ether oxygens (including phenoxy) is 2. The first kappa shape index (κ1) is 15.4. The van der Waals surface area contributed by atoms with Crippen LogP contribution in [-0.2, 0) is 6.61 Å². The van der Waals surface area contributed by atoms with Crippen LogP contribution >= 0.6 is 11.6 Å². The molecule has 0 fully saturated rings. The van der Waals surface area contributed by atoms with Gasteiger partial charge in [-0.3, -0.25) is 0 Å². The van der Waals surface area contributed by atoms with Crippen molar-refractivity contribution in [2.24, 2.45) is 0 Å². The Morgan fingerprint density at radius 3 is 2.57 bits per heavy atom. The van der Waals surface area contributed by atoms with Crippen molar-refractivity contribution in [1.82, 2.24) is 10.1 Å². The first-order chi connectivity index (χ1) is 11.2. The molecule has 0 atom stereocenters. The van der Waals surface area contributed by atoms with E-state index in [0.717, 1.165) is 22.6 Å². The monoisotopic (exact) mass is 330 g/mol. The minimum Gasteiger partial charge on any atom is -0.496 e. The first-order valence-corrected chi connectivity index (χ1v) is 7.39. The molecule has 5 nitrogen and oxygen atoms in total. The second kappa shape index (κ2) is 6.71. The largest absolute Gasteiger partial charge is 0.496 e. The van der Waals surface area contributed by atoms with Crippen LogP contribution in [0.3, 0.4) is 0 Å². The molecule has 118 valence electrons. The van der Waals surface area contributed by atoms with E-state index >= 15 is 0 Å². The minimum atomic E-state index is 0.365. The maximum absolute atomic E-state index is 6.01. The molecule has 0 saturated heterocycles. The predicted octanol–water partition coefficient (Wildman–Crippen LogP) is 4.29. The van der Waals surface area contributed by atoms with Crippen molar-refractivity contribution in [2.75, 3.05) is 7.11 Å². The van der Waals surface area contributed by atoms with Crippen molar-refractivity contribution in [3.05, 3.63) is 58.9 Å². The van der Waals surface area contributed by atoms with Crippen molar-refractivity contribution < 1.29 is 14.0 Å². The average molecular weight is 331 g/mol. The zero-order valence-electron chi connectivity index (χ0n) is 12.7. The summed E-state index contributed by atoms with van der Waals surface area (Å²) in [6.07, 6.45) is 0. The Hall–Kier alpha value is -2.53. The van der Waals surface area contributed by atoms with Gasteiger partial charge < -0.3 is 14.0 Å². The van der Waals surface area contributed by atoms with Gasteiger partial charge in [0.15, 0.2) is 0 Å². The zero-order chi connectivity index (χ0) is 16.2. The third kappa shape index (κ3) is 3.63. The number of hydrogen-bond acceptors (Lipinski definition) is 5. The normalized spacial score (nSPS) is 10.6. The molecule has 0 saturated carbocycles. The van der Waals surface area contributed by atoms with Crippen LogP contribution in [-0.4, -0.2) is 17.3 Å². The summed E-state index contributed by atoms with van der Waals surface area (Å²) in [5.74, 6) is 2.57. The lowest BCUT2D eigenvalue weighted by molar-refractivity contribution is 0.296. The van der Waals surface area contributed by atoms with Crippen molar-refractivity contribution >= 4 is 11.6 Å². The highest BCUT2D eigenvalue weighted by Gasteiger charge is 2.07. The molecular formula is C17H15ClN2O3. The van der Waals surface area contributed by atoms with Gasteiger partial charge in [0, 0.05) is 23.1 Å². The topological polar surface area (TPSA) is 57.4 Å². The summed E-state index contributed by atoms with van der Waals surface area (Å²) in [6.45, 7) is 2.12. The van der Waals surface area contributed by atoms with E-state index in [1.807, 2.05) is 36.4 Å². The Morgan fingerprint density at radius 1 is 1.13 bits per heavy atom. The van der Waals surface area contributed by atoms with Gasteiger partial charge in [-0.1, -0.05) is 16.8 Å². The molecule has 0 amide bonds. The number of methoxy groups -OCH3 is 1. The summed E-state index contributed by atoms with van der Waals surface area (Å²) in [7, 11) is 1.62. The molecule has 0 aliphatic rings. The highest BCUT2D eigenvalue weighted by Crippen LogP contribution is 2.25. The van der Waals surface area contributed by atoms with Crippen molar-refractivity contribution in [3.63, 3.8) is 0 Å². The summed E-state index contributed by atoms with van der Waals surface area (Å²) in [6, 6.07) is 12.9. The fourth-order valence-electron chi connectivity index (χ4n) is 2.14. The summed E-state index contributed by atoms with van der Waals surface area (Å²) in [4.78, 5) is 4.19. The van der Waals surface area contributed by atoms with Crippen LogP contribution in [0.2, 0.25) is 5.02 Å². The van der Waals surface area contributed by atoms with E-state index in [0.29, 0.717) is 23.3 Å². The van der Waals surface area contributed by atoms with Crippen LogP contribution in [0.1, 0.15) is 11.5 Å². The minimum absolute atomic E-state index is 0.365. The molecule has 6 heteroatoms. The smallest absolute Gasteiger partial charge is 0.223 e. The molecule has 0 N–H and O–H groups in total. The molecule has 3 aromatic rings. The Morgan fingerprint density at radius 2 is 1.91 bits per heavy atom. The Bertz CT molecular complexity index is 800. The fraction of sp³-hybridized carbons (Fsp3) is 0.176. The molecule has 0 radical (unpaired) electrons. The van der Waals surface area contributed by atoms with Crippen molar-refractivity contribution in [2.45, 2.75) is 13.5 Å². The third-order valence-electron chi connectivity index (χ3n) is 3.28. The summed E-state index contributed by atoms with van der Waals surface area (Å²) < 4.78 is 16.1. The van der Waals surface area contributed by atoms with Crippen molar-refractivity contribution in [3.8, 4) is 22.9 Å². The SMILES string of the molecule is COc1ccc(Cl)cc1COc1ccc(-c2noc(C)n2)cc1. The van der Waals surface area contributed by atoms with Gasteiger partial charge >= 0.3 is 0 Å². The van der Waals surface area contributed by atoms with Crippen LogP contribution in [0.5, 0.6) is 11.5 Å². The Labute approximate surface area is 138 Å². The molecule has 0 aliphatic carbocycles. The second-order valence-electron chi connectivity index (χ2n) is 4.91. The molecule has 0 spiro atoms. The van der Waals surface area contributed by atoms with E-state index in [4.69, 9.17) is 25.6 Å². The lowest BCUT2D eigenvalue weighted by atomic mass is 10.2. The Balaban J connectivity index is 1.70. The van der Waals surface area contributed by atoms with E-state index in [-0.39, 0.29) is 0 Å². The number of halogens is 1. The molecule has 1 aromatic heterocycles. The molecule has 3 rings (SSSR count). The van der Waals surface area contributed by atoms with Crippen LogP contribution in [0.15, 0.2) is 47.0 Å². The molecule has 2 aromatic carbocycles. The van der Waals surface area contributed by atoms with Crippen LogP contribution < -0.4 is 9.47 Å². The highest BCUT2D eigenvalue weighted by molar-refractivity contribution is 6.30. The summed E-state index contributed by atoms with van der Waals surface area (Å²) in [5.41, 5.74) is 1.76. The third-order valence-corrected chi connectivity index (χ3v) is 3.51. The average Bonchev–Trinajstić information content (AvgIpc) is 3.00. The van der Waals surface area contributed by atoms with Gasteiger partial charge in [-0.2, -0.15) is 4.98 Å². The standard InChI is InChI=1S/C17H15ClN2O3/c1-11-19-17(20-23-11)12-3-6-15(7-4-12)22-10-13-9-14(18)5-8-16(13)21-2/h3-9H,10H2,1-2H3. The summed E-state index contributed by atoms with van der Waals surface area (Å²) in [5, 5.41) is 4.53. The fourth-order valence-corrected chi connectivity index (χ4v) is 2.33. The molecular weight excluding hydrogens is 316 g/mol. The van der Waals surface area contributed by atoms with E-state index in [2.05, 4.69) is 10.1 Å². The van der Waals surface area contributed by atoms with Gasteiger partial charge in [-0.05, 0) is 42.5 Å². The van der Waals surface area contributed by atoms with Crippen LogP contribution in [0.25, 0.3) is 11.4 Å². The zero-order valence-corrected chi connectivity index (χ0v) is 13.5. The van der Waals surface area contributed by atoms with Gasteiger partial charge in [0.05, 0.1) is 7.11 Å². The lowest BCUT2D eigenvalue weighted by Gasteiger charge is -2.11. The first-order valence-electron chi connectivity index (χ1n) is 7.01. The van der Waals surface area contributed by atoms with Gasteiger partial charge in [0.25, 0.3) is 0 Å². The lowest BCUT2D eigenvalue weighted by Crippen LogP contribution is -1.98. The highest BCUT2D eigenvalue weighted by atomic mass is 35.5. The molecule has 0 bridgehead atoms. The Kier molecular flexibility index (Phi) is 4.48. The molecule has 23 heavy (non-hydrogen) atoms. The van der Waals surface area contributed by atoms with E-state index < -0.39 is 0 Å². The van der Waals surface area contributed by atoms with Gasteiger partial charge in [0.1, 0.15) is 18.1 Å². The van der Waals surface area contributed by atoms with E-state index in [9.17, 15) is 0 Å². The van der Waals surface area contributed by atoms with E-state index in [1.54, 1.807) is 20.1 Å². The van der Waals surface area contributed by atoms with Crippen LogP contribution in [0.4, 0.5) is 0 Å². The maximum Gasteiger partial charge on any atom is 0.223 e. The number of nitrogens with zero attached hydrogens (tertiary/aromatic N) is 2. The summed E-state index contributed by atoms with van der Waals surface area (Å²) >= 11 is 6.01. The number of aromatic nitrogens is 2. The predicted molar refractivity (Wildman–Crippen MR) is 86.8 cm³/mol. The van der Waals surface area contributed by atoms with Crippen LogP contribution in [0, 0.1) is 6.92 Å². The van der Waals surface area contributed by atoms with Gasteiger partial charge in [0.2, 0.25) is 11.7 Å². The maximum atomic E-state index is 6.01. The number of hydrogen-bond donors (Lipinski definition) is 0. The number of rotatable bonds is 5. The van der Waals surface area contributed by atoms with Gasteiger partial charge in [-0.25, -0.2) is 0 Å². The molecule has 0 aliphatic heterocycles. The number of benzene rings is 2.